The highest BCUT2D eigenvalue weighted by Gasteiger charge is 2.12. The molecule has 4 heteroatoms. The molecular weight excluding hydrogens is 166 g/mol. The van der Waals surface area contributed by atoms with Gasteiger partial charge in [0.1, 0.15) is 11.9 Å². The number of aromatic nitrogens is 2. The van der Waals surface area contributed by atoms with E-state index in [0.717, 1.165) is 17.7 Å². The number of hydrogen-bond donors (Lipinski definition) is 0. The Morgan fingerprint density at radius 1 is 1.54 bits per heavy atom. The first-order valence-electron chi connectivity index (χ1n) is 4.03. The van der Waals surface area contributed by atoms with Crippen molar-refractivity contribution in [3.63, 3.8) is 0 Å². The van der Waals surface area contributed by atoms with Crippen molar-refractivity contribution >= 4 is 0 Å². The molecule has 13 heavy (non-hydrogen) atoms. The predicted octanol–water partition coefficient (Wildman–Crippen LogP) is 1.47. The lowest BCUT2D eigenvalue weighted by molar-refractivity contribution is 0.391. The molecule has 0 aromatic carbocycles. The molecule has 0 aliphatic heterocycles. The van der Waals surface area contributed by atoms with Crippen LogP contribution < -0.4 is 4.74 Å². The second-order valence-electron chi connectivity index (χ2n) is 2.48. The van der Waals surface area contributed by atoms with Gasteiger partial charge in [0.15, 0.2) is 0 Å². The zero-order chi connectivity index (χ0) is 9.68. The van der Waals surface area contributed by atoms with Crippen molar-refractivity contribution in [3.8, 4) is 5.88 Å². The fourth-order valence-electron chi connectivity index (χ4n) is 1.15. The van der Waals surface area contributed by atoms with Crippen LogP contribution in [0.3, 0.4) is 0 Å². The van der Waals surface area contributed by atoms with E-state index >= 15 is 0 Å². The van der Waals surface area contributed by atoms with Crippen LogP contribution in [0.25, 0.3) is 4.85 Å². The Balaban J connectivity index is 3.14. The minimum atomic E-state index is 0.285. The molecule has 0 aliphatic carbocycles. The largest absolute Gasteiger partial charge is 0.481 e. The van der Waals surface area contributed by atoms with Crippen molar-refractivity contribution in [2.45, 2.75) is 19.9 Å². The molecule has 0 amide bonds. The minimum absolute atomic E-state index is 0.285. The number of aryl methyl sites for hydroxylation is 1. The average molecular weight is 177 g/mol. The van der Waals surface area contributed by atoms with E-state index in [2.05, 4.69) is 14.8 Å². The molecule has 68 valence electrons. The fourth-order valence-corrected chi connectivity index (χ4v) is 1.15. The van der Waals surface area contributed by atoms with Crippen molar-refractivity contribution in [2.75, 3.05) is 7.11 Å². The van der Waals surface area contributed by atoms with Crippen LogP contribution >= 0.6 is 0 Å². The Kier molecular flexibility index (Phi) is 3.21. The number of hydrogen-bond acceptors (Lipinski definition) is 3. The molecule has 0 bridgehead atoms. The molecule has 0 fully saturated rings. The summed E-state index contributed by atoms with van der Waals surface area (Å²) in [5.74, 6) is 0.517. The van der Waals surface area contributed by atoms with Crippen LogP contribution in [0.15, 0.2) is 6.33 Å². The van der Waals surface area contributed by atoms with Gasteiger partial charge >= 0.3 is 0 Å². The Labute approximate surface area is 77.4 Å². The first kappa shape index (κ1) is 9.46. The summed E-state index contributed by atoms with van der Waals surface area (Å²) in [6, 6.07) is 0. The summed E-state index contributed by atoms with van der Waals surface area (Å²) in [7, 11) is 1.55. The van der Waals surface area contributed by atoms with Crippen LogP contribution in [-0.2, 0) is 13.0 Å². The number of methoxy groups -OCH3 is 1. The van der Waals surface area contributed by atoms with Crippen LogP contribution in [0.5, 0.6) is 5.88 Å². The maximum absolute atomic E-state index is 6.80. The number of ether oxygens (including phenoxy) is 1. The van der Waals surface area contributed by atoms with Gasteiger partial charge in [0.05, 0.1) is 12.8 Å². The lowest BCUT2D eigenvalue weighted by Crippen LogP contribution is -2.01. The molecule has 0 atom stereocenters. The Hall–Kier alpha value is -1.63. The molecule has 0 saturated heterocycles. The van der Waals surface area contributed by atoms with Crippen molar-refractivity contribution in [3.05, 3.63) is 29.0 Å². The van der Waals surface area contributed by atoms with Gasteiger partial charge in [-0.3, -0.25) is 0 Å². The Morgan fingerprint density at radius 2 is 2.31 bits per heavy atom. The summed E-state index contributed by atoms with van der Waals surface area (Å²) in [6.45, 7) is 9.08. The maximum atomic E-state index is 6.80. The molecule has 0 unspecified atom stereocenters. The third-order valence-electron chi connectivity index (χ3n) is 1.76. The van der Waals surface area contributed by atoms with Crippen molar-refractivity contribution in [1.29, 1.82) is 0 Å². The topological polar surface area (TPSA) is 39.4 Å². The number of rotatable bonds is 3. The summed E-state index contributed by atoms with van der Waals surface area (Å²) < 4.78 is 5.05. The monoisotopic (exact) mass is 177 g/mol. The molecule has 4 nitrogen and oxygen atoms in total. The van der Waals surface area contributed by atoms with E-state index in [9.17, 15) is 0 Å². The SMILES string of the molecule is [C-]#[N+]Cc1c(CC)ncnc1OC. The second-order valence-corrected chi connectivity index (χ2v) is 2.48. The van der Waals surface area contributed by atoms with E-state index in [1.807, 2.05) is 6.92 Å². The molecule has 0 radical (unpaired) electrons. The van der Waals surface area contributed by atoms with Crippen molar-refractivity contribution < 1.29 is 4.74 Å². The zero-order valence-corrected chi connectivity index (χ0v) is 7.74. The van der Waals surface area contributed by atoms with Gasteiger partial charge in [0, 0.05) is 0 Å². The van der Waals surface area contributed by atoms with Crippen molar-refractivity contribution in [2.24, 2.45) is 0 Å². The highest BCUT2D eigenvalue weighted by Crippen LogP contribution is 2.18. The summed E-state index contributed by atoms with van der Waals surface area (Å²) in [5, 5.41) is 0. The van der Waals surface area contributed by atoms with Gasteiger partial charge in [-0.05, 0) is 6.42 Å². The predicted molar refractivity (Wildman–Crippen MR) is 48.3 cm³/mol. The van der Waals surface area contributed by atoms with Crippen LogP contribution in [0.1, 0.15) is 18.2 Å². The molecule has 0 N–H and O–H groups in total. The lowest BCUT2D eigenvalue weighted by Gasteiger charge is -2.05. The molecule has 1 rings (SSSR count). The van der Waals surface area contributed by atoms with Crippen LogP contribution in [0.4, 0.5) is 0 Å². The lowest BCUT2D eigenvalue weighted by atomic mass is 10.2. The second kappa shape index (κ2) is 4.41. The highest BCUT2D eigenvalue weighted by molar-refractivity contribution is 5.30. The van der Waals surface area contributed by atoms with E-state index in [1.54, 1.807) is 7.11 Å². The van der Waals surface area contributed by atoms with E-state index in [4.69, 9.17) is 11.3 Å². The van der Waals surface area contributed by atoms with Gasteiger partial charge in [-0.1, -0.05) is 6.92 Å². The summed E-state index contributed by atoms with van der Waals surface area (Å²) in [6.07, 6.45) is 2.26. The summed E-state index contributed by atoms with van der Waals surface area (Å²) in [5.41, 5.74) is 1.70. The maximum Gasteiger partial charge on any atom is 0.246 e. The van der Waals surface area contributed by atoms with E-state index < -0.39 is 0 Å². The number of nitrogens with zero attached hydrogens (tertiary/aromatic N) is 3. The molecule has 0 aliphatic rings. The molecular formula is C9H11N3O. The third-order valence-corrected chi connectivity index (χ3v) is 1.76. The molecule has 1 aromatic rings. The third kappa shape index (κ3) is 1.94. The first-order chi connectivity index (χ1) is 6.33. The first-order valence-corrected chi connectivity index (χ1v) is 4.03. The van der Waals surface area contributed by atoms with Gasteiger partial charge in [0.25, 0.3) is 0 Å². The average Bonchev–Trinajstić information content (AvgIpc) is 2.18. The summed E-state index contributed by atoms with van der Waals surface area (Å²) in [4.78, 5) is 11.4. The van der Waals surface area contributed by atoms with Crippen molar-refractivity contribution in [1.82, 2.24) is 9.97 Å². The quantitative estimate of drug-likeness (QED) is 0.656. The minimum Gasteiger partial charge on any atom is -0.481 e. The van der Waals surface area contributed by atoms with Gasteiger partial charge < -0.3 is 9.58 Å². The molecule has 0 spiro atoms. The Morgan fingerprint density at radius 3 is 2.85 bits per heavy atom. The molecule has 0 saturated carbocycles. The zero-order valence-electron chi connectivity index (χ0n) is 7.74. The normalized spacial score (nSPS) is 9.31. The van der Waals surface area contributed by atoms with Gasteiger partial charge in [-0.2, -0.15) is 0 Å². The van der Waals surface area contributed by atoms with Gasteiger partial charge in [-0.25, -0.2) is 16.5 Å². The van der Waals surface area contributed by atoms with Crippen LogP contribution in [0.2, 0.25) is 0 Å². The van der Waals surface area contributed by atoms with Crippen LogP contribution in [0, 0.1) is 6.57 Å². The standard InChI is InChI=1S/C9H11N3O/c1-4-8-7(5-10-2)9(13-3)12-6-11-8/h6H,4-5H2,1,3H3. The van der Waals surface area contributed by atoms with E-state index in [0.29, 0.717) is 5.88 Å². The van der Waals surface area contributed by atoms with Gasteiger partial charge in [0.2, 0.25) is 12.4 Å². The van der Waals surface area contributed by atoms with Gasteiger partial charge in [-0.15, -0.1) is 0 Å². The summed E-state index contributed by atoms with van der Waals surface area (Å²) >= 11 is 0. The smallest absolute Gasteiger partial charge is 0.246 e. The fraction of sp³-hybridized carbons (Fsp3) is 0.444. The highest BCUT2D eigenvalue weighted by atomic mass is 16.5. The molecule has 1 heterocycles. The van der Waals surface area contributed by atoms with E-state index in [-0.39, 0.29) is 6.54 Å². The van der Waals surface area contributed by atoms with E-state index in [1.165, 1.54) is 6.33 Å². The molecule has 1 aromatic heterocycles. The Bertz CT molecular complexity index is 308. The van der Waals surface area contributed by atoms with Crippen LogP contribution in [-0.4, -0.2) is 17.1 Å².